The van der Waals surface area contributed by atoms with Gasteiger partial charge in [0.1, 0.15) is 5.75 Å². The topological polar surface area (TPSA) is 50.1 Å². The average Bonchev–Trinajstić information content (AvgIpc) is 2.68. The third-order valence-corrected chi connectivity index (χ3v) is 3.89. The first-order chi connectivity index (χ1) is 12.7. The highest BCUT2D eigenvalue weighted by Crippen LogP contribution is 2.20. The van der Waals surface area contributed by atoms with Gasteiger partial charge in [-0.15, -0.1) is 0 Å². The van der Waals surface area contributed by atoms with Crippen LogP contribution in [0, 0.1) is 18.3 Å². The Morgan fingerprint density at radius 3 is 2.15 bits per heavy atom. The molecule has 3 rings (SSSR count). The number of rotatable bonds is 4. The third kappa shape index (κ3) is 4.25. The number of carbonyl (C=O) groups is 1. The maximum atomic E-state index is 12.1. The van der Waals surface area contributed by atoms with Crippen molar-refractivity contribution >= 4 is 17.6 Å². The van der Waals surface area contributed by atoms with E-state index in [2.05, 4.69) is 6.07 Å². The molecule has 0 aliphatic heterocycles. The van der Waals surface area contributed by atoms with Crippen LogP contribution in [0.25, 0.3) is 11.6 Å². The minimum atomic E-state index is -0.393. The molecule has 0 heterocycles. The van der Waals surface area contributed by atoms with Crippen molar-refractivity contribution < 1.29 is 9.53 Å². The molecule has 3 aromatic carbocycles. The zero-order chi connectivity index (χ0) is 18.4. The quantitative estimate of drug-likeness (QED) is 0.281. The maximum absolute atomic E-state index is 12.1. The fourth-order valence-electron chi connectivity index (χ4n) is 2.45. The lowest BCUT2D eigenvalue weighted by molar-refractivity contribution is 0.0735. The maximum Gasteiger partial charge on any atom is 0.343 e. The normalized spacial score (nSPS) is 10.8. The van der Waals surface area contributed by atoms with E-state index in [1.54, 1.807) is 30.3 Å². The highest BCUT2D eigenvalue weighted by Gasteiger charge is 2.08. The van der Waals surface area contributed by atoms with E-state index in [9.17, 15) is 10.1 Å². The molecule has 0 aromatic heterocycles. The van der Waals surface area contributed by atoms with Crippen LogP contribution in [0.4, 0.5) is 0 Å². The Balaban J connectivity index is 1.74. The molecular formula is C23H17NO2. The van der Waals surface area contributed by atoms with Gasteiger partial charge in [-0.3, -0.25) is 0 Å². The minimum Gasteiger partial charge on any atom is -0.423 e. The van der Waals surface area contributed by atoms with Gasteiger partial charge < -0.3 is 4.74 Å². The number of nitrogens with zero attached hydrogens (tertiary/aromatic N) is 1. The number of benzene rings is 3. The second-order valence-electron chi connectivity index (χ2n) is 5.86. The lowest BCUT2D eigenvalue weighted by Crippen LogP contribution is -2.08. The van der Waals surface area contributed by atoms with Gasteiger partial charge in [0.2, 0.25) is 0 Å². The molecule has 0 radical (unpaired) electrons. The second-order valence-corrected chi connectivity index (χ2v) is 5.86. The Labute approximate surface area is 152 Å². The summed E-state index contributed by atoms with van der Waals surface area (Å²) in [6, 6.07) is 26.0. The van der Waals surface area contributed by atoms with Gasteiger partial charge in [-0.1, -0.05) is 60.2 Å². The number of esters is 1. The lowest BCUT2D eigenvalue weighted by atomic mass is 10.0. The van der Waals surface area contributed by atoms with Gasteiger partial charge in [0.15, 0.2) is 0 Å². The summed E-state index contributed by atoms with van der Waals surface area (Å²) in [6.45, 7) is 1.96. The molecular weight excluding hydrogens is 322 g/mol. The molecule has 0 aliphatic rings. The monoisotopic (exact) mass is 339 g/mol. The molecule has 0 amide bonds. The molecule has 0 saturated heterocycles. The van der Waals surface area contributed by atoms with Gasteiger partial charge in [0.25, 0.3) is 0 Å². The van der Waals surface area contributed by atoms with E-state index in [0.29, 0.717) is 16.9 Å². The summed E-state index contributed by atoms with van der Waals surface area (Å²) in [5, 5.41) is 9.37. The first kappa shape index (κ1) is 17.2. The summed E-state index contributed by atoms with van der Waals surface area (Å²) < 4.78 is 5.39. The van der Waals surface area contributed by atoms with Crippen LogP contribution < -0.4 is 4.74 Å². The van der Waals surface area contributed by atoms with Crippen LogP contribution in [0.2, 0.25) is 0 Å². The molecule has 0 spiro atoms. The Morgan fingerprint density at radius 1 is 0.885 bits per heavy atom. The Morgan fingerprint density at radius 2 is 1.54 bits per heavy atom. The molecule has 3 aromatic rings. The van der Waals surface area contributed by atoms with Crippen molar-refractivity contribution in [2.75, 3.05) is 0 Å². The lowest BCUT2D eigenvalue weighted by Gasteiger charge is -2.05. The van der Waals surface area contributed by atoms with Crippen LogP contribution in [0.5, 0.6) is 5.75 Å². The van der Waals surface area contributed by atoms with Gasteiger partial charge in [0, 0.05) is 0 Å². The van der Waals surface area contributed by atoms with E-state index >= 15 is 0 Å². The smallest absolute Gasteiger partial charge is 0.343 e. The summed E-state index contributed by atoms with van der Waals surface area (Å²) >= 11 is 0. The number of allylic oxidation sites excluding steroid dienone is 1. The summed E-state index contributed by atoms with van der Waals surface area (Å²) in [7, 11) is 0. The van der Waals surface area contributed by atoms with E-state index in [1.165, 1.54) is 0 Å². The van der Waals surface area contributed by atoms with E-state index in [0.717, 1.165) is 16.7 Å². The predicted molar refractivity (Wildman–Crippen MR) is 103 cm³/mol. The van der Waals surface area contributed by atoms with Gasteiger partial charge in [-0.05, 0) is 48.4 Å². The highest BCUT2D eigenvalue weighted by atomic mass is 16.5. The highest BCUT2D eigenvalue weighted by molar-refractivity contribution is 5.91. The predicted octanol–water partition coefficient (Wildman–Crippen LogP) is 5.28. The zero-order valence-corrected chi connectivity index (χ0v) is 14.3. The molecule has 0 N–H and O–H groups in total. The van der Waals surface area contributed by atoms with Crippen LogP contribution in [0.15, 0.2) is 78.9 Å². The molecule has 0 atom stereocenters. The van der Waals surface area contributed by atoms with Crippen molar-refractivity contribution in [3.63, 3.8) is 0 Å². The number of hydrogen-bond donors (Lipinski definition) is 0. The van der Waals surface area contributed by atoms with Crippen molar-refractivity contribution in [1.82, 2.24) is 0 Å². The fraction of sp³-hybridized carbons (Fsp3) is 0.0435. The fourth-order valence-corrected chi connectivity index (χ4v) is 2.45. The molecule has 26 heavy (non-hydrogen) atoms. The van der Waals surface area contributed by atoms with Crippen molar-refractivity contribution in [3.8, 4) is 11.8 Å². The Hall–Kier alpha value is -3.64. The third-order valence-electron chi connectivity index (χ3n) is 3.89. The second kappa shape index (κ2) is 7.96. The van der Waals surface area contributed by atoms with Crippen molar-refractivity contribution in [2.24, 2.45) is 0 Å². The molecule has 3 heteroatoms. The molecule has 3 nitrogen and oxygen atoms in total. The number of nitriles is 1. The summed E-state index contributed by atoms with van der Waals surface area (Å²) in [5.74, 6) is 0.0706. The Kier molecular flexibility index (Phi) is 5.26. The van der Waals surface area contributed by atoms with Crippen LogP contribution in [-0.2, 0) is 0 Å². The molecule has 0 unspecified atom stereocenters. The number of aryl methyl sites for hydroxylation is 1. The zero-order valence-electron chi connectivity index (χ0n) is 14.3. The van der Waals surface area contributed by atoms with Crippen LogP contribution in [0.3, 0.4) is 0 Å². The average molecular weight is 339 g/mol. The number of ether oxygens (including phenoxy) is 1. The van der Waals surface area contributed by atoms with Crippen molar-refractivity contribution in [1.29, 1.82) is 5.26 Å². The molecule has 0 aliphatic carbocycles. The van der Waals surface area contributed by atoms with Crippen molar-refractivity contribution in [3.05, 3.63) is 101 Å². The van der Waals surface area contributed by atoms with E-state index in [1.807, 2.05) is 61.5 Å². The summed E-state index contributed by atoms with van der Waals surface area (Å²) in [4.78, 5) is 12.1. The first-order valence-electron chi connectivity index (χ1n) is 8.22. The van der Waals surface area contributed by atoms with E-state index < -0.39 is 5.97 Å². The van der Waals surface area contributed by atoms with Crippen LogP contribution in [0.1, 0.15) is 27.0 Å². The van der Waals surface area contributed by atoms with Crippen LogP contribution >= 0.6 is 0 Å². The standard InChI is InChI=1S/C23H17NO2/c1-17-7-11-20(12-8-17)23(25)26-22-13-9-18(10-14-22)15-21(16-24)19-5-3-2-4-6-19/h2-15H,1H3/b21-15-. The molecule has 0 bridgehead atoms. The van der Waals surface area contributed by atoms with Gasteiger partial charge >= 0.3 is 5.97 Å². The SMILES string of the molecule is Cc1ccc(C(=O)Oc2ccc(/C=C(/C#N)c3ccccc3)cc2)cc1. The summed E-state index contributed by atoms with van der Waals surface area (Å²) in [5.41, 5.74) is 3.90. The Bertz CT molecular complexity index is 963. The van der Waals surface area contributed by atoms with Crippen molar-refractivity contribution in [2.45, 2.75) is 6.92 Å². The van der Waals surface area contributed by atoms with E-state index in [-0.39, 0.29) is 0 Å². The first-order valence-corrected chi connectivity index (χ1v) is 8.22. The molecule has 126 valence electrons. The van der Waals surface area contributed by atoms with Crippen LogP contribution in [-0.4, -0.2) is 5.97 Å². The van der Waals surface area contributed by atoms with Gasteiger partial charge in [-0.25, -0.2) is 4.79 Å². The molecule has 0 saturated carbocycles. The molecule has 0 fully saturated rings. The largest absolute Gasteiger partial charge is 0.423 e. The van der Waals surface area contributed by atoms with Gasteiger partial charge in [-0.2, -0.15) is 5.26 Å². The van der Waals surface area contributed by atoms with E-state index in [4.69, 9.17) is 4.74 Å². The minimum absolute atomic E-state index is 0.393. The number of carbonyl (C=O) groups excluding carboxylic acids is 1. The number of hydrogen-bond acceptors (Lipinski definition) is 3. The summed E-state index contributed by atoms with van der Waals surface area (Å²) in [6.07, 6.45) is 1.81. The van der Waals surface area contributed by atoms with Gasteiger partial charge in [0.05, 0.1) is 17.2 Å².